The van der Waals surface area contributed by atoms with Crippen molar-refractivity contribution < 1.29 is 19.0 Å². The van der Waals surface area contributed by atoms with Gasteiger partial charge in [-0.25, -0.2) is 4.79 Å². The van der Waals surface area contributed by atoms with Gasteiger partial charge in [0.25, 0.3) is 0 Å². The molecule has 4 rings (SSSR count). The Labute approximate surface area is 223 Å². The zero-order valence-electron chi connectivity index (χ0n) is 21.5. The van der Waals surface area contributed by atoms with Gasteiger partial charge in [-0.3, -0.25) is 0 Å². The van der Waals surface area contributed by atoms with Crippen LogP contribution in [0.5, 0.6) is 17.2 Å². The Morgan fingerprint density at radius 2 is 1.73 bits per heavy atom. The number of rotatable bonds is 10. The molecule has 0 saturated carbocycles. The largest absolute Gasteiger partial charge is 0.497 e. The highest BCUT2D eigenvalue weighted by Gasteiger charge is 2.33. The molecule has 0 radical (unpaired) electrons. The molecule has 0 spiro atoms. The van der Waals surface area contributed by atoms with Crippen molar-refractivity contribution in [2.45, 2.75) is 12.3 Å². The van der Waals surface area contributed by atoms with E-state index in [4.69, 9.17) is 25.8 Å². The monoisotopic (exact) mass is 523 g/mol. The Morgan fingerprint density at radius 3 is 2.43 bits per heavy atom. The molecule has 3 aromatic carbocycles. The van der Waals surface area contributed by atoms with Crippen molar-refractivity contribution in [1.29, 1.82) is 0 Å². The predicted molar refractivity (Wildman–Crippen MR) is 147 cm³/mol. The molecule has 0 aromatic heterocycles. The van der Waals surface area contributed by atoms with E-state index >= 15 is 0 Å². The van der Waals surface area contributed by atoms with Crippen LogP contribution >= 0.6 is 11.6 Å². The van der Waals surface area contributed by atoms with E-state index < -0.39 is 0 Å². The Hall–Kier alpha value is -3.42. The number of amides is 2. The van der Waals surface area contributed by atoms with Gasteiger partial charge in [0.05, 0.1) is 21.3 Å². The number of carbonyl (C=O) groups is 1. The maximum absolute atomic E-state index is 12.6. The molecule has 1 saturated heterocycles. The van der Waals surface area contributed by atoms with Crippen LogP contribution < -0.4 is 24.8 Å². The second-order valence-electron chi connectivity index (χ2n) is 9.18. The minimum atomic E-state index is -0.237. The zero-order chi connectivity index (χ0) is 26.2. The molecule has 2 N–H and O–H groups in total. The van der Waals surface area contributed by atoms with Gasteiger partial charge < -0.3 is 29.7 Å². The number of benzene rings is 3. The number of likely N-dealkylation sites (tertiary alicyclic amines) is 1. The predicted octanol–water partition coefficient (Wildman–Crippen LogP) is 5.45. The number of nitrogens with one attached hydrogen (secondary N) is 2. The van der Waals surface area contributed by atoms with Crippen molar-refractivity contribution in [3.8, 4) is 17.2 Å². The van der Waals surface area contributed by atoms with Crippen molar-refractivity contribution in [3.05, 3.63) is 82.9 Å². The second-order valence-corrected chi connectivity index (χ2v) is 9.62. The molecule has 37 heavy (non-hydrogen) atoms. The van der Waals surface area contributed by atoms with E-state index in [2.05, 4.69) is 33.7 Å². The molecule has 2 amide bonds. The summed E-state index contributed by atoms with van der Waals surface area (Å²) < 4.78 is 16.2. The van der Waals surface area contributed by atoms with E-state index in [0.717, 1.165) is 43.3 Å². The van der Waals surface area contributed by atoms with E-state index in [1.165, 1.54) is 11.1 Å². The number of anilines is 1. The van der Waals surface area contributed by atoms with Gasteiger partial charge in [0, 0.05) is 42.8 Å². The number of ether oxygens (including phenoxy) is 3. The lowest BCUT2D eigenvalue weighted by molar-refractivity contribution is 0.249. The van der Waals surface area contributed by atoms with Gasteiger partial charge in [-0.15, -0.1) is 0 Å². The maximum Gasteiger partial charge on any atom is 0.319 e. The highest BCUT2D eigenvalue weighted by molar-refractivity contribution is 6.30. The lowest BCUT2D eigenvalue weighted by atomic mass is 9.89. The number of nitrogens with zero attached hydrogens (tertiary/aromatic N) is 1. The number of hydrogen-bond donors (Lipinski definition) is 2. The normalized spacial score (nSPS) is 17.3. The Balaban J connectivity index is 1.41. The number of methoxy groups -OCH3 is 3. The first-order valence-electron chi connectivity index (χ1n) is 12.4. The maximum atomic E-state index is 12.6. The van der Waals surface area contributed by atoms with Gasteiger partial charge in [0.2, 0.25) is 0 Å². The number of hydrogen-bond acceptors (Lipinski definition) is 5. The Morgan fingerprint density at radius 1 is 0.946 bits per heavy atom. The molecule has 0 unspecified atom stereocenters. The molecule has 1 aliphatic heterocycles. The molecule has 1 heterocycles. The van der Waals surface area contributed by atoms with E-state index in [9.17, 15) is 4.79 Å². The van der Waals surface area contributed by atoms with Gasteiger partial charge in [-0.05, 0) is 65.9 Å². The summed E-state index contributed by atoms with van der Waals surface area (Å²) in [5.41, 5.74) is 3.11. The minimum Gasteiger partial charge on any atom is -0.497 e. The Bertz CT molecular complexity index is 1190. The molecule has 0 aliphatic carbocycles. The van der Waals surface area contributed by atoms with Gasteiger partial charge in [-0.1, -0.05) is 35.9 Å². The van der Waals surface area contributed by atoms with Crippen LogP contribution in [0.15, 0.2) is 66.7 Å². The Kier molecular flexibility index (Phi) is 9.14. The summed E-state index contributed by atoms with van der Waals surface area (Å²) in [4.78, 5) is 15.1. The molecule has 196 valence electrons. The highest BCUT2D eigenvalue weighted by Crippen LogP contribution is 2.34. The SMILES string of the molecule is COc1ccc([C@H]2CN(CCc3ccc(OC)c(OC)c3)C[C@@H]2CNC(=O)Nc2cccc(Cl)c2)cc1. The van der Waals surface area contributed by atoms with Crippen LogP contribution in [0, 0.1) is 5.92 Å². The van der Waals surface area contributed by atoms with E-state index in [1.54, 1.807) is 33.5 Å². The lowest BCUT2D eigenvalue weighted by Crippen LogP contribution is -2.35. The molecule has 1 aliphatic rings. The fraction of sp³-hybridized carbons (Fsp3) is 0.345. The molecular weight excluding hydrogens is 490 g/mol. The van der Waals surface area contributed by atoms with Crippen molar-refractivity contribution in [3.63, 3.8) is 0 Å². The first kappa shape index (κ1) is 26.6. The first-order chi connectivity index (χ1) is 18.0. The van der Waals surface area contributed by atoms with Crippen molar-refractivity contribution >= 4 is 23.3 Å². The third kappa shape index (κ3) is 7.08. The highest BCUT2D eigenvalue weighted by atomic mass is 35.5. The fourth-order valence-electron chi connectivity index (χ4n) is 4.87. The third-order valence-corrected chi connectivity index (χ3v) is 7.07. The number of urea groups is 1. The summed E-state index contributed by atoms with van der Waals surface area (Å²) in [5.74, 6) is 2.87. The minimum absolute atomic E-state index is 0.237. The first-order valence-corrected chi connectivity index (χ1v) is 12.7. The summed E-state index contributed by atoms with van der Waals surface area (Å²) in [6.07, 6.45) is 0.894. The van der Waals surface area contributed by atoms with Gasteiger partial charge in [0.1, 0.15) is 5.75 Å². The van der Waals surface area contributed by atoms with Crippen LogP contribution in [-0.4, -0.2) is 58.4 Å². The van der Waals surface area contributed by atoms with E-state index in [1.807, 2.05) is 36.4 Å². The third-order valence-electron chi connectivity index (χ3n) is 6.83. The molecular formula is C29H34ClN3O4. The van der Waals surface area contributed by atoms with Crippen molar-refractivity contribution in [2.24, 2.45) is 5.92 Å². The number of carbonyl (C=O) groups excluding carboxylic acids is 1. The van der Waals surface area contributed by atoms with Gasteiger partial charge >= 0.3 is 6.03 Å². The molecule has 0 bridgehead atoms. The van der Waals surface area contributed by atoms with Crippen LogP contribution in [0.1, 0.15) is 17.0 Å². The van der Waals surface area contributed by atoms with Gasteiger partial charge in [-0.2, -0.15) is 0 Å². The number of halogens is 1. The molecule has 7 nitrogen and oxygen atoms in total. The molecule has 2 atom stereocenters. The van der Waals surface area contributed by atoms with Crippen LogP contribution in [0.3, 0.4) is 0 Å². The van der Waals surface area contributed by atoms with E-state index in [-0.39, 0.29) is 11.9 Å². The summed E-state index contributed by atoms with van der Waals surface area (Å²) in [5, 5.41) is 6.51. The van der Waals surface area contributed by atoms with Crippen molar-refractivity contribution in [2.75, 3.05) is 52.8 Å². The summed E-state index contributed by atoms with van der Waals surface area (Å²) in [7, 11) is 4.97. The lowest BCUT2D eigenvalue weighted by Gasteiger charge is -2.20. The average molecular weight is 524 g/mol. The summed E-state index contributed by atoms with van der Waals surface area (Å²) >= 11 is 6.04. The molecule has 1 fully saturated rings. The molecule has 3 aromatic rings. The van der Waals surface area contributed by atoms with Crippen LogP contribution in [-0.2, 0) is 6.42 Å². The quantitative estimate of drug-likeness (QED) is 0.370. The van der Waals surface area contributed by atoms with Crippen LogP contribution in [0.25, 0.3) is 0 Å². The van der Waals surface area contributed by atoms with Gasteiger partial charge in [0.15, 0.2) is 11.5 Å². The summed E-state index contributed by atoms with van der Waals surface area (Å²) in [6.45, 7) is 3.28. The van der Waals surface area contributed by atoms with Crippen LogP contribution in [0.2, 0.25) is 5.02 Å². The van der Waals surface area contributed by atoms with Crippen LogP contribution in [0.4, 0.5) is 10.5 Å². The van der Waals surface area contributed by atoms with Crippen molar-refractivity contribution in [1.82, 2.24) is 10.2 Å². The topological polar surface area (TPSA) is 72.1 Å². The zero-order valence-corrected chi connectivity index (χ0v) is 22.3. The second kappa shape index (κ2) is 12.7. The smallest absolute Gasteiger partial charge is 0.319 e. The fourth-order valence-corrected chi connectivity index (χ4v) is 5.06. The average Bonchev–Trinajstić information content (AvgIpc) is 3.33. The molecule has 8 heteroatoms. The standard InChI is InChI=1S/C29H34ClN3O4/c1-35-25-10-8-21(9-11-25)26-19-33(14-13-20-7-12-27(36-2)28(15-20)37-3)18-22(26)17-31-29(34)32-24-6-4-5-23(30)16-24/h4-12,15-16,22,26H,13-14,17-19H2,1-3H3,(H2,31,32,34)/t22-,26+/m0/s1. The summed E-state index contributed by atoms with van der Waals surface area (Å²) in [6, 6.07) is 21.2. The van der Waals surface area contributed by atoms with E-state index in [0.29, 0.717) is 23.2 Å².